The Morgan fingerprint density at radius 2 is 0.294 bits per heavy atom. The van der Waals surface area contributed by atoms with Gasteiger partial charge in [0.1, 0.15) is 0 Å². The maximum atomic E-state index is 2.38. The third kappa shape index (κ3) is 46.1. The van der Waals surface area contributed by atoms with E-state index in [9.17, 15) is 0 Å². The van der Waals surface area contributed by atoms with Crippen LogP contribution in [0.3, 0.4) is 0 Å². The van der Waals surface area contributed by atoms with Crippen LogP contribution in [0.1, 0.15) is 323 Å². The summed E-state index contributed by atoms with van der Waals surface area (Å²) in [6.07, 6.45) is 69.8. The topological polar surface area (TPSA) is 0 Å². The molecule has 0 radical (unpaired) electrons. The molecule has 0 aromatic heterocycles. The molecule has 0 amide bonds. The normalized spacial score (nSPS) is 11.8. The zero-order chi connectivity index (χ0) is 36.8. The van der Waals surface area contributed by atoms with Gasteiger partial charge in [-0.25, -0.2) is 0 Å². The molecule has 0 heterocycles. The maximum Gasteiger partial charge on any atom is -0.0414 e. The van der Waals surface area contributed by atoms with Crippen molar-refractivity contribution in [3.63, 3.8) is 0 Å². The van der Waals surface area contributed by atoms with Gasteiger partial charge in [0.05, 0.1) is 0 Å². The standard InChI is InChI=1S/C51H104/c1-4-7-10-12-14-16-18-20-22-24-26-28-30-32-34-36-38-40-42-44-46-49-51(48-9-6-3)50-47-45-43-41-39-37-35-33-31-29-27-25-23-21-19-17-15-13-11-8-5-2/h51H,4-50H2,1-3H3. The van der Waals surface area contributed by atoms with Crippen LogP contribution in [-0.4, -0.2) is 0 Å². The van der Waals surface area contributed by atoms with Gasteiger partial charge in [0.25, 0.3) is 0 Å². The first-order valence-electron chi connectivity index (χ1n) is 25.3. The van der Waals surface area contributed by atoms with Gasteiger partial charge in [0, 0.05) is 0 Å². The van der Waals surface area contributed by atoms with Crippen molar-refractivity contribution >= 4 is 0 Å². The Balaban J connectivity index is 3.40. The molecule has 0 rings (SSSR count). The molecule has 0 aliphatic carbocycles. The third-order valence-corrected chi connectivity index (χ3v) is 12.4. The lowest BCUT2D eigenvalue weighted by molar-refractivity contribution is 0.370. The highest BCUT2D eigenvalue weighted by atomic mass is 14.1. The zero-order valence-electron chi connectivity index (χ0n) is 36.8. The van der Waals surface area contributed by atoms with Crippen LogP contribution in [0.2, 0.25) is 0 Å². The molecule has 0 aromatic carbocycles. The monoisotopic (exact) mass is 717 g/mol. The van der Waals surface area contributed by atoms with Crippen LogP contribution in [0.15, 0.2) is 0 Å². The predicted octanol–water partition coefficient (Wildman–Crippen LogP) is 20.0. The fraction of sp³-hybridized carbons (Fsp3) is 1.00. The summed E-state index contributed by atoms with van der Waals surface area (Å²) in [7, 11) is 0. The minimum absolute atomic E-state index is 1.03. The Hall–Kier alpha value is 0. The van der Waals surface area contributed by atoms with Gasteiger partial charge in [-0.15, -0.1) is 0 Å². The number of rotatable bonds is 47. The van der Waals surface area contributed by atoms with Gasteiger partial charge in [-0.05, 0) is 5.92 Å². The van der Waals surface area contributed by atoms with Crippen molar-refractivity contribution in [2.75, 3.05) is 0 Å². The molecular weight excluding hydrogens is 613 g/mol. The van der Waals surface area contributed by atoms with Crippen LogP contribution in [0.5, 0.6) is 0 Å². The van der Waals surface area contributed by atoms with Crippen molar-refractivity contribution < 1.29 is 0 Å². The Morgan fingerprint density at radius 1 is 0.157 bits per heavy atom. The highest BCUT2D eigenvalue weighted by Crippen LogP contribution is 2.24. The molecule has 0 unspecified atom stereocenters. The SMILES string of the molecule is CCCCCCCCCCCCCCCCCCCCCCCC(CCCC)CCCCCCCCCCCCCCCCCCCCCCC. The van der Waals surface area contributed by atoms with Crippen molar-refractivity contribution in [2.45, 2.75) is 323 Å². The molecule has 0 aliphatic heterocycles. The molecule has 0 bridgehead atoms. The summed E-state index contributed by atoms with van der Waals surface area (Å²) in [4.78, 5) is 0. The van der Waals surface area contributed by atoms with Crippen molar-refractivity contribution in [1.82, 2.24) is 0 Å². The van der Waals surface area contributed by atoms with E-state index in [0.29, 0.717) is 0 Å². The maximum absolute atomic E-state index is 2.38. The largest absolute Gasteiger partial charge is 0.0654 e. The van der Waals surface area contributed by atoms with E-state index >= 15 is 0 Å². The molecule has 0 heteroatoms. The summed E-state index contributed by atoms with van der Waals surface area (Å²) in [5.74, 6) is 1.03. The molecule has 0 atom stereocenters. The van der Waals surface area contributed by atoms with E-state index in [-0.39, 0.29) is 0 Å². The van der Waals surface area contributed by atoms with E-state index in [1.165, 1.54) is 302 Å². The van der Waals surface area contributed by atoms with Crippen LogP contribution < -0.4 is 0 Å². The van der Waals surface area contributed by atoms with Gasteiger partial charge >= 0.3 is 0 Å². The van der Waals surface area contributed by atoms with Crippen LogP contribution in [0, 0.1) is 5.92 Å². The van der Waals surface area contributed by atoms with E-state index < -0.39 is 0 Å². The van der Waals surface area contributed by atoms with Gasteiger partial charge in [-0.1, -0.05) is 323 Å². The van der Waals surface area contributed by atoms with Crippen molar-refractivity contribution in [3.8, 4) is 0 Å². The molecule has 0 saturated carbocycles. The zero-order valence-corrected chi connectivity index (χ0v) is 36.8. The van der Waals surface area contributed by atoms with Crippen LogP contribution in [-0.2, 0) is 0 Å². The quantitative estimate of drug-likeness (QED) is 0.0550. The number of hydrogen-bond acceptors (Lipinski definition) is 0. The van der Waals surface area contributed by atoms with Gasteiger partial charge in [0.15, 0.2) is 0 Å². The molecule has 308 valence electrons. The molecule has 0 aliphatic rings. The summed E-state index contributed by atoms with van der Waals surface area (Å²) in [5, 5.41) is 0. The molecule has 0 fully saturated rings. The summed E-state index contributed by atoms with van der Waals surface area (Å²) in [6, 6.07) is 0. The van der Waals surface area contributed by atoms with Gasteiger partial charge in [0.2, 0.25) is 0 Å². The van der Waals surface area contributed by atoms with Crippen LogP contribution in [0.4, 0.5) is 0 Å². The molecule has 0 aromatic rings. The average Bonchev–Trinajstić information content (AvgIpc) is 3.14. The molecule has 51 heavy (non-hydrogen) atoms. The first-order chi connectivity index (χ1) is 25.3. The third-order valence-electron chi connectivity index (χ3n) is 12.4. The summed E-state index contributed by atoms with van der Waals surface area (Å²) in [6.45, 7) is 7.01. The van der Waals surface area contributed by atoms with E-state index in [1.807, 2.05) is 0 Å². The van der Waals surface area contributed by atoms with Gasteiger partial charge in [-0.2, -0.15) is 0 Å². The van der Waals surface area contributed by atoms with Crippen LogP contribution in [0.25, 0.3) is 0 Å². The lowest BCUT2D eigenvalue weighted by atomic mass is 9.90. The Kier molecular flexibility index (Phi) is 48.0. The Morgan fingerprint density at radius 3 is 0.471 bits per heavy atom. The number of unbranched alkanes of at least 4 members (excludes halogenated alkanes) is 41. The highest BCUT2D eigenvalue weighted by molar-refractivity contribution is 4.62. The van der Waals surface area contributed by atoms with E-state index in [0.717, 1.165) is 5.92 Å². The van der Waals surface area contributed by atoms with Gasteiger partial charge in [-0.3, -0.25) is 0 Å². The Labute approximate surface area is 327 Å². The molecule has 0 spiro atoms. The summed E-state index contributed by atoms with van der Waals surface area (Å²) in [5.41, 5.74) is 0. The van der Waals surface area contributed by atoms with E-state index in [2.05, 4.69) is 20.8 Å². The fourth-order valence-corrected chi connectivity index (χ4v) is 8.66. The minimum Gasteiger partial charge on any atom is -0.0654 e. The molecule has 0 nitrogen and oxygen atoms in total. The molecular formula is C51H104. The van der Waals surface area contributed by atoms with Crippen molar-refractivity contribution in [1.29, 1.82) is 0 Å². The fourth-order valence-electron chi connectivity index (χ4n) is 8.66. The highest BCUT2D eigenvalue weighted by Gasteiger charge is 2.08. The lowest BCUT2D eigenvalue weighted by Crippen LogP contribution is -2.01. The average molecular weight is 717 g/mol. The second-order valence-electron chi connectivity index (χ2n) is 17.7. The summed E-state index contributed by atoms with van der Waals surface area (Å²) < 4.78 is 0. The van der Waals surface area contributed by atoms with Crippen molar-refractivity contribution in [3.05, 3.63) is 0 Å². The van der Waals surface area contributed by atoms with E-state index in [1.54, 1.807) is 0 Å². The van der Waals surface area contributed by atoms with Gasteiger partial charge < -0.3 is 0 Å². The van der Waals surface area contributed by atoms with E-state index in [4.69, 9.17) is 0 Å². The summed E-state index contributed by atoms with van der Waals surface area (Å²) >= 11 is 0. The minimum atomic E-state index is 1.03. The second kappa shape index (κ2) is 48.0. The lowest BCUT2D eigenvalue weighted by Gasteiger charge is -2.16. The first-order valence-corrected chi connectivity index (χ1v) is 25.3. The molecule has 0 saturated heterocycles. The number of hydrogen-bond donors (Lipinski definition) is 0. The molecule has 0 N–H and O–H groups in total. The first kappa shape index (κ1) is 51.0. The second-order valence-corrected chi connectivity index (χ2v) is 17.7. The van der Waals surface area contributed by atoms with Crippen molar-refractivity contribution in [2.24, 2.45) is 5.92 Å². The smallest absolute Gasteiger partial charge is 0.0414 e. The predicted molar refractivity (Wildman–Crippen MR) is 238 cm³/mol. The Bertz CT molecular complexity index is 518. The van der Waals surface area contributed by atoms with Crippen LogP contribution >= 0.6 is 0 Å².